The maximum Gasteiger partial charge on any atom is 0.290 e. The molecule has 0 aliphatic carbocycles. The first-order chi connectivity index (χ1) is 12.1. The van der Waals surface area contributed by atoms with Gasteiger partial charge in [-0.2, -0.15) is 4.37 Å². The highest BCUT2D eigenvalue weighted by Crippen LogP contribution is 2.37. The number of hydrogen-bond acceptors (Lipinski definition) is 5. The second-order valence-electron chi connectivity index (χ2n) is 5.45. The summed E-state index contributed by atoms with van der Waals surface area (Å²) < 4.78 is 5.17. The van der Waals surface area contributed by atoms with Crippen LogP contribution in [0, 0.1) is 0 Å². The van der Waals surface area contributed by atoms with Crippen LogP contribution in [0.25, 0.3) is 10.1 Å². The summed E-state index contributed by atoms with van der Waals surface area (Å²) in [6, 6.07) is 14.8. The summed E-state index contributed by atoms with van der Waals surface area (Å²) >= 11 is 8.65. The number of aromatic nitrogens is 1. The summed E-state index contributed by atoms with van der Waals surface area (Å²) in [6.07, 6.45) is 0. The predicted octanol–water partition coefficient (Wildman–Crippen LogP) is 3.87. The molecule has 0 saturated carbocycles. The Morgan fingerprint density at radius 3 is 2.76 bits per heavy atom. The molecule has 1 saturated heterocycles. The lowest BCUT2D eigenvalue weighted by Gasteiger charge is -2.24. The third-order valence-electron chi connectivity index (χ3n) is 3.84. The van der Waals surface area contributed by atoms with Gasteiger partial charge in [0.05, 0.1) is 10.5 Å². The van der Waals surface area contributed by atoms with E-state index >= 15 is 0 Å². The lowest BCUT2D eigenvalue weighted by Crippen LogP contribution is -2.44. The smallest absolute Gasteiger partial charge is 0.272 e. The number of fused-ring (bicyclic) bond motifs is 1. The Morgan fingerprint density at radius 2 is 1.96 bits per heavy atom. The van der Waals surface area contributed by atoms with Crippen molar-refractivity contribution in [2.45, 2.75) is 5.37 Å². The summed E-state index contributed by atoms with van der Waals surface area (Å²) in [4.78, 5) is 24.9. The van der Waals surface area contributed by atoms with Crippen LogP contribution in [0.15, 0.2) is 48.5 Å². The van der Waals surface area contributed by atoms with Crippen LogP contribution in [0.5, 0.6) is 0 Å². The third kappa shape index (κ3) is 3.10. The number of carbonyl (C=O) groups excluding carboxylic acids is 2. The van der Waals surface area contributed by atoms with Gasteiger partial charge in [-0.1, -0.05) is 41.9 Å². The Kier molecular flexibility index (Phi) is 4.37. The Balaban J connectivity index is 1.60. The second kappa shape index (κ2) is 6.67. The minimum absolute atomic E-state index is 0.141. The fourth-order valence-electron chi connectivity index (χ4n) is 2.63. The molecule has 3 aromatic rings. The average Bonchev–Trinajstić information content (AvgIpc) is 3.20. The molecule has 25 heavy (non-hydrogen) atoms. The number of rotatable bonds is 3. The van der Waals surface area contributed by atoms with Gasteiger partial charge in [0.2, 0.25) is 0 Å². The van der Waals surface area contributed by atoms with Crippen molar-refractivity contribution in [3.63, 3.8) is 0 Å². The van der Waals surface area contributed by atoms with Crippen LogP contribution in [-0.4, -0.2) is 26.9 Å². The second-order valence-corrected chi connectivity index (χ2v) is 7.76. The quantitative estimate of drug-likeness (QED) is 0.738. The molecule has 0 spiro atoms. The van der Waals surface area contributed by atoms with Crippen LogP contribution >= 0.6 is 34.9 Å². The first-order valence-corrected chi connectivity index (χ1v) is 9.68. The molecule has 126 valence electrons. The zero-order valence-electron chi connectivity index (χ0n) is 12.8. The van der Waals surface area contributed by atoms with E-state index in [2.05, 4.69) is 9.80 Å². The molecule has 1 N–H and O–H groups in total. The van der Waals surface area contributed by atoms with Crippen LogP contribution in [0.1, 0.15) is 21.4 Å². The van der Waals surface area contributed by atoms with Gasteiger partial charge < -0.3 is 0 Å². The molecule has 1 unspecified atom stereocenters. The minimum atomic E-state index is -0.382. The molecule has 1 aromatic heterocycles. The number of amides is 2. The molecule has 1 fully saturated rings. The fraction of sp³-hybridized carbons (Fsp3) is 0.118. The topological polar surface area (TPSA) is 62.3 Å². The highest BCUT2D eigenvalue weighted by Gasteiger charge is 2.35. The van der Waals surface area contributed by atoms with Gasteiger partial charge in [0.1, 0.15) is 5.37 Å². The molecule has 2 heterocycles. The normalized spacial score (nSPS) is 17.2. The van der Waals surface area contributed by atoms with Crippen molar-refractivity contribution in [3.8, 4) is 0 Å². The van der Waals surface area contributed by atoms with Crippen molar-refractivity contribution in [2.24, 2.45) is 0 Å². The summed E-state index contributed by atoms with van der Waals surface area (Å²) in [5.41, 5.74) is 3.96. The standard InChI is InChI=1S/C17H12ClN3O2S2/c18-11-7-5-10(6-8-11)17-21(14(22)9-24-17)19-16(23)15-12-3-1-2-4-13(12)25-20-15/h1-8,17H,9H2,(H,19,23). The van der Waals surface area contributed by atoms with Crippen molar-refractivity contribution < 1.29 is 9.59 Å². The Morgan fingerprint density at radius 1 is 1.20 bits per heavy atom. The van der Waals surface area contributed by atoms with E-state index in [0.717, 1.165) is 15.6 Å². The minimum Gasteiger partial charge on any atom is -0.272 e. The molecular weight excluding hydrogens is 378 g/mol. The van der Waals surface area contributed by atoms with Crippen LogP contribution in [-0.2, 0) is 4.79 Å². The monoisotopic (exact) mass is 389 g/mol. The Hall–Kier alpha value is -2.09. The number of hydrogen-bond donors (Lipinski definition) is 1. The Bertz CT molecular complexity index is 958. The van der Waals surface area contributed by atoms with Gasteiger partial charge in [-0.15, -0.1) is 11.8 Å². The molecule has 8 heteroatoms. The molecule has 1 aliphatic rings. The van der Waals surface area contributed by atoms with Crippen molar-refractivity contribution in [1.82, 2.24) is 14.8 Å². The van der Waals surface area contributed by atoms with Crippen molar-refractivity contribution >= 4 is 56.8 Å². The number of nitrogens with one attached hydrogen (secondary N) is 1. The van der Waals surface area contributed by atoms with Crippen LogP contribution in [0.2, 0.25) is 5.02 Å². The lowest BCUT2D eigenvalue weighted by molar-refractivity contribution is -0.130. The molecule has 5 nitrogen and oxygen atoms in total. The zero-order chi connectivity index (χ0) is 17.4. The fourth-order valence-corrected chi connectivity index (χ4v) is 4.64. The van der Waals surface area contributed by atoms with Gasteiger partial charge in [-0.3, -0.25) is 15.0 Å². The van der Waals surface area contributed by atoms with Gasteiger partial charge in [0, 0.05) is 10.4 Å². The molecule has 0 bridgehead atoms. The average molecular weight is 390 g/mol. The number of thioether (sulfide) groups is 1. The molecule has 1 atom stereocenters. The first-order valence-electron chi connectivity index (χ1n) is 7.48. The summed E-state index contributed by atoms with van der Waals surface area (Å²) in [5.74, 6) is -0.212. The zero-order valence-corrected chi connectivity index (χ0v) is 15.2. The molecule has 4 rings (SSSR count). The Labute approximate surface area is 157 Å². The molecule has 0 radical (unpaired) electrons. The third-order valence-corrected chi connectivity index (χ3v) is 6.13. The van der Waals surface area contributed by atoms with E-state index in [0.29, 0.717) is 16.5 Å². The summed E-state index contributed by atoms with van der Waals surface area (Å²) in [6.45, 7) is 0. The van der Waals surface area contributed by atoms with Crippen LogP contribution < -0.4 is 5.43 Å². The van der Waals surface area contributed by atoms with Gasteiger partial charge in [0.25, 0.3) is 11.8 Å². The SMILES string of the molecule is O=C(NN1C(=O)CSC1c1ccc(Cl)cc1)c1nsc2ccccc12. The highest BCUT2D eigenvalue weighted by molar-refractivity contribution is 8.00. The van der Waals surface area contributed by atoms with Gasteiger partial charge in [0.15, 0.2) is 5.69 Å². The van der Waals surface area contributed by atoms with Gasteiger partial charge >= 0.3 is 0 Å². The van der Waals surface area contributed by atoms with Crippen molar-refractivity contribution in [2.75, 3.05) is 5.75 Å². The van der Waals surface area contributed by atoms with E-state index in [9.17, 15) is 9.59 Å². The number of halogens is 1. The van der Waals surface area contributed by atoms with E-state index in [-0.39, 0.29) is 17.2 Å². The van der Waals surface area contributed by atoms with E-state index in [1.165, 1.54) is 28.3 Å². The summed E-state index contributed by atoms with van der Waals surface area (Å²) in [7, 11) is 0. The summed E-state index contributed by atoms with van der Waals surface area (Å²) in [5, 5.41) is 2.51. The maximum atomic E-state index is 12.7. The number of hydrazine groups is 1. The van der Waals surface area contributed by atoms with Gasteiger partial charge in [-0.05, 0) is 35.3 Å². The molecule has 2 amide bonds. The van der Waals surface area contributed by atoms with E-state index < -0.39 is 0 Å². The largest absolute Gasteiger partial charge is 0.290 e. The van der Waals surface area contributed by atoms with Gasteiger partial charge in [-0.25, -0.2) is 5.01 Å². The van der Waals surface area contributed by atoms with Crippen LogP contribution in [0.3, 0.4) is 0 Å². The predicted molar refractivity (Wildman–Crippen MR) is 101 cm³/mol. The maximum absolute atomic E-state index is 12.7. The molecule has 1 aliphatic heterocycles. The molecule has 2 aromatic carbocycles. The van der Waals surface area contributed by atoms with Crippen molar-refractivity contribution in [3.05, 3.63) is 64.8 Å². The van der Waals surface area contributed by atoms with E-state index in [4.69, 9.17) is 11.6 Å². The van der Waals surface area contributed by atoms with E-state index in [1.807, 2.05) is 36.4 Å². The number of benzene rings is 2. The number of carbonyl (C=O) groups is 2. The number of nitrogens with zero attached hydrogens (tertiary/aromatic N) is 2. The van der Waals surface area contributed by atoms with E-state index in [1.54, 1.807) is 12.1 Å². The van der Waals surface area contributed by atoms with Crippen LogP contribution in [0.4, 0.5) is 0 Å². The lowest BCUT2D eigenvalue weighted by atomic mass is 10.2. The highest BCUT2D eigenvalue weighted by atomic mass is 35.5. The van der Waals surface area contributed by atoms with Crippen molar-refractivity contribution in [1.29, 1.82) is 0 Å². The first kappa shape index (κ1) is 16.4. The molecular formula is C17H12ClN3O2S2.